The first-order chi connectivity index (χ1) is 8.72. The number of aryl methyl sites for hydroxylation is 1. The summed E-state index contributed by atoms with van der Waals surface area (Å²) in [6, 6.07) is 7.28. The van der Waals surface area contributed by atoms with Crippen molar-refractivity contribution in [1.29, 1.82) is 0 Å². The Morgan fingerprint density at radius 1 is 1.44 bits per heavy atom. The topological polar surface area (TPSA) is 41.5 Å². The zero-order chi connectivity index (χ0) is 13.0. The van der Waals surface area contributed by atoms with Crippen molar-refractivity contribution >= 4 is 0 Å². The average Bonchev–Trinajstić information content (AvgIpc) is 2.38. The van der Waals surface area contributed by atoms with Gasteiger partial charge in [-0.1, -0.05) is 6.07 Å². The number of fused-ring (bicyclic) bond motifs is 1. The molecule has 2 rings (SSSR count). The Morgan fingerprint density at radius 2 is 2.28 bits per heavy atom. The molecule has 3 heteroatoms. The van der Waals surface area contributed by atoms with Crippen LogP contribution in [0, 0.1) is 0 Å². The van der Waals surface area contributed by atoms with Crippen molar-refractivity contribution in [2.45, 2.75) is 44.7 Å². The number of benzene rings is 1. The van der Waals surface area contributed by atoms with Gasteiger partial charge >= 0.3 is 0 Å². The second kappa shape index (κ2) is 6.21. The van der Waals surface area contributed by atoms with E-state index in [2.05, 4.69) is 24.4 Å². The number of rotatable bonds is 5. The third-order valence-electron chi connectivity index (χ3n) is 3.72. The van der Waals surface area contributed by atoms with E-state index in [-0.39, 0.29) is 6.61 Å². The van der Waals surface area contributed by atoms with Crippen LogP contribution < -0.4 is 10.1 Å². The largest absolute Gasteiger partial charge is 0.497 e. The minimum atomic E-state index is 0.255. The van der Waals surface area contributed by atoms with Gasteiger partial charge in [-0.05, 0) is 55.9 Å². The maximum Gasteiger partial charge on any atom is 0.119 e. The predicted octanol–water partition coefficient (Wildman–Crippen LogP) is 1.91. The Balaban J connectivity index is 2.00. The number of methoxy groups -OCH3 is 1. The van der Waals surface area contributed by atoms with Crippen molar-refractivity contribution in [3.63, 3.8) is 0 Å². The van der Waals surface area contributed by atoms with E-state index in [4.69, 9.17) is 9.84 Å². The number of hydrogen-bond acceptors (Lipinski definition) is 3. The van der Waals surface area contributed by atoms with Crippen LogP contribution in [0.4, 0.5) is 0 Å². The molecule has 2 unspecified atom stereocenters. The molecule has 1 aromatic rings. The average molecular weight is 249 g/mol. The van der Waals surface area contributed by atoms with E-state index in [1.54, 1.807) is 7.11 Å². The van der Waals surface area contributed by atoms with Crippen molar-refractivity contribution in [2.24, 2.45) is 0 Å². The molecular weight excluding hydrogens is 226 g/mol. The molecule has 0 aliphatic heterocycles. The van der Waals surface area contributed by atoms with Crippen LogP contribution in [0.5, 0.6) is 5.75 Å². The Kier molecular flexibility index (Phi) is 4.61. The Labute approximate surface area is 109 Å². The van der Waals surface area contributed by atoms with Gasteiger partial charge in [-0.15, -0.1) is 0 Å². The fourth-order valence-corrected chi connectivity index (χ4v) is 2.68. The lowest BCUT2D eigenvalue weighted by Crippen LogP contribution is -2.40. The Morgan fingerprint density at radius 3 is 3.00 bits per heavy atom. The van der Waals surface area contributed by atoms with Crippen LogP contribution in [-0.2, 0) is 12.8 Å². The minimum absolute atomic E-state index is 0.255. The highest BCUT2D eigenvalue weighted by atomic mass is 16.5. The third kappa shape index (κ3) is 3.24. The Hall–Kier alpha value is -1.06. The first kappa shape index (κ1) is 13.4. The minimum Gasteiger partial charge on any atom is -0.497 e. The van der Waals surface area contributed by atoms with E-state index in [0.717, 1.165) is 25.0 Å². The molecule has 0 radical (unpaired) electrons. The molecule has 18 heavy (non-hydrogen) atoms. The number of aliphatic hydroxyl groups excluding tert-OH is 1. The first-order valence-corrected chi connectivity index (χ1v) is 6.75. The summed E-state index contributed by atoms with van der Waals surface area (Å²) in [7, 11) is 1.71. The highest BCUT2D eigenvalue weighted by Crippen LogP contribution is 2.25. The molecule has 2 N–H and O–H groups in total. The molecule has 1 aromatic carbocycles. The van der Waals surface area contributed by atoms with Crippen molar-refractivity contribution in [1.82, 2.24) is 5.32 Å². The fourth-order valence-electron chi connectivity index (χ4n) is 2.68. The summed E-state index contributed by atoms with van der Waals surface area (Å²) in [5.41, 5.74) is 2.85. The summed E-state index contributed by atoms with van der Waals surface area (Å²) < 4.78 is 5.28. The van der Waals surface area contributed by atoms with E-state index in [0.29, 0.717) is 12.1 Å². The van der Waals surface area contributed by atoms with E-state index < -0.39 is 0 Å². The molecule has 0 saturated heterocycles. The maximum absolute atomic E-state index is 8.94. The predicted molar refractivity (Wildman–Crippen MR) is 73.1 cm³/mol. The Bertz CT molecular complexity index is 392. The maximum atomic E-state index is 8.94. The molecule has 0 aromatic heterocycles. The van der Waals surface area contributed by atoms with Crippen LogP contribution in [0.2, 0.25) is 0 Å². The van der Waals surface area contributed by atoms with E-state index in [1.807, 2.05) is 6.07 Å². The summed E-state index contributed by atoms with van der Waals surface area (Å²) in [5, 5.41) is 12.5. The van der Waals surface area contributed by atoms with Crippen LogP contribution in [0.3, 0.4) is 0 Å². The summed E-state index contributed by atoms with van der Waals surface area (Å²) in [4.78, 5) is 0. The van der Waals surface area contributed by atoms with Gasteiger partial charge in [-0.25, -0.2) is 0 Å². The molecule has 0 bridgehead atoms. The highest BCUT2D eigenvalue weighted by molar-refractivity contribution is 5.37. The van der Waals surface area contributed by atoms with Gasteiger partial charge in [0.25, 0.3) is 0 Å². The van der Waals surface area contributed by atoms with Crippen LogP contribution >= 0.6 is 0 Å². The molecule has 1 aliphatic rings. The fraction of sp³-hybridized carbons (Fsp3) is 0.600. The smallest absolute Gasteiger partial charge is 0.119 e. The van der Waals surface area contributed by atoms with Crippen LogP contribution in [-0.4, -0.2) is 30.9 Å². The summed E-state index contributed by atoms with van der Waals surface area (Å²) >= 11 is 0. The number of aliphatic hydroxyl groups is 1. The van der Waals surface area contributed by atoms with Gasteiger partial charge in [0.1, 0.15) is 5.75 Å². The molecule has 0 fully saturated rings. The lowest BCUT2D eigenvalue weighted by Gasteiger charge is -2.28. The highest BCUT2D eigenvalue weighted by Gasteiger charge is 2.20. The van der Waals surface area contributed by atoms with Gasteiger partial charge in [0.2, 0.25) is 0 Å². The second-order valence-electron chi connectivity index (χ2n) is 5.15. The lowest BCUT2D eigenvalue weighted by atomic mass is 9.87. The van der Waals surface area contributed by atoms with Gasteiger partial charge in [-0.3, -0.25) is 0 Å². The second-order valence-corrected chi connectivity index (χ2v) is 5.15. The molecule has 0 saturated carbocycles. The zero-order valence-electron chi connectivity index (χ0n) is 11.3. The number of hydrogen-bond donors (Lipinski definition) is 2. The number of ether oxygens (including phenoxy) is 1. The SMILES string of the molecule is COc1ccc2c(c1)CC(NC(C)CCO)CC2. The summed E-state index contributed by atoms with van der Waals surface area (Å²) in [6.45, 7) is 2.39. The van der Waals surface area contributed by atoms with Crippen LogP contribution in [0.25, 0.3) is 0 Å². The van der Waals surface area contributed by atoms with E-state index >= 15 is 0 Å². The zero-order valence-corrected chi connectivity index (χ0v) is 11.3. The molecular formula is C15H23NO2. The molecule has 3 nitrogen and oxygen atoms in total. The van der Waals surface area contributed by atoms with Crippen LogP contribution in [0.1, 0.15) is 30.9 Å². The van der Waals surface area contributed by atoms with Crippen LogP contribution in [0.15, 0.2) is 18.2 Å². The van der Waals surface area contributed by atoms with Crippen molar-refractivity contribution in [3.05, 3.63) is 29.3 Å². The lowest BCUT2D eigenvalue weighted by molar-refractivity contribution is 0.260. The van der Waals surface area contributed by atoms with Crippen molar-refractivity contribution in [2.75, 3.05) is 13.7 Å². The van der Waals surface area contributed by atoms with Crippen molar-refractivity contribution < 1.29 is 9.84 Å². The normalized spacial score (nSPS) is 20.3. The summed E-state index contributed by atoms with van der Waals surface area (Å²) in [5.74, 6) is 0.942. The van der Waals surface area contributed by atoms with E-state index in [9.17, 15) is 0 Å². The first-order valence-electron chi connectivity index (χ1n) is 6.75. The summed E-state index contributed by atoms with van der Waals surface area (Å²) in [6.07, 6.45) is 4.18. The van der Waals surface area contributed by atoms with Gasteiger partial charge in [0, 0.05) is 18.7 Å². The monoisotopic (exact) mass is 249 g/mol. The van der Waals surface area contributed by atoms with E-state index in [1.165, 1.54) is 17.5 Å². The van der Waals surface area contributed by atoms with Gasteiger partial charge in [0.05, 0.1) is 7.11 Å². The molecule has 100 valence electrons. The number of nitrogens with one attached hydrogen (secondary N) is 1. The molecule has 1 aliphatic carbocycles. The molecule has 0 amide bonds. The van der Waals surface area contributed by atoms with Gasteiger partial charge in [0.15, 0.2) is 0 Å². The standard InChI is InChI=1S/C15H23NO2/c1-11(7-8-17)16-14-5-3-12-4-6-15(18-2)10-13(12)9-14/h4,6,10-11,14,16-17H,3,5,7-9H2,1-2H3. The quantitative estimate of drug-likeness (QED) is 0.837. The molecule has 2 atom stereocenters. The molecule has 0 heterocycles. The van der Waals surface area contributed by atoms with Gasteiger partial charge < -0.3 is 15.2 Å². The van der Waals surface area contributed by atoms with Crippen molar-refractivity contribution in [3.8, 4) is 5.75 Å². The molecule has 0 spiro atoms. The van der Waals surface area contributed by atoms with Gasteiger partial charge in [-0.2, -0.15) is 0 Å². The third-order valence-corrected chi connectivity index (χ3v) is 3.72.